The van der Waals surface area contributed by atoms with Gasteiger partial charge in [0.25, 0.3) is 17.8 Å². The SMILES string of the molecule is Nn1c(Sc2ccc([N+](=O)[O-])cc2[N+](=O)[O-])nnc1C(F)F. The summed E-state index contributed by atoms with van der Waals surface area (Å²) in [6.45, 7) is 0. The first kappa shape index (κ1) is 15.6. The first-order chi connectivity index (χ1) is 10.3. The lowest BCUT2D eigenvalue weighted by Crippen LogP contribution is -2.14. The van der Waals surface area contributed by atoms with Crippen LogP contribution in [-0.4, -0.2) is 24.7 Å². The van der Waals surface area contributed by atoms with E-state index in [0.29, 0.717) is 16.4 Å². The highest BCUT2D eigenvalue weighted by Gasteiger charge is 2.24. The molecule has 0 aliphatic heterocycles. The molecular weight excluding hydrogens is 326 g/mol. The molecule has 10 nitrogen and oxygen atoms in total. The van der Waals surface area contributed by atoms with Crippen molar-refractivity contribution in [2.45, 2.75) is 16.5 Å². The average Bonchev–Trinajstić information content (AvgIpc) is 2.80. The Bertz CT molecular complexity index is 752. The maximum Gasteiger partial charge on any atom is 0.299 e. The topological polar surface area (TPSA) is 143 Å². The fourth-order valence-electron chi connectivity index (χ4n) is 1.45. The molecule has 0 radical (unpaired) electrons. The Balaban J connectivity index is 2.41. The lowest BCUT2D eigenvalue weighted by molar-refractivity contribution is -0.396. The van der Waals surface area contributed by atoms with Crippen molar-refractivity contribution in [2.75, 3.05) is 5.84 Å². The Kier molecular flexibility index (Phi) is 4.16. The van der Waals surface area contributed by atoms with Crippen molar-refractivity contribution in [3.63, 3.8) is 0 Å². The second-order valence-electron chi connectivity index (χ2n) is 3.78. The van der Waals surface area contributed by atoms with E-state index in [1.165, 1.54) is 0 Å². The van der Waals surface area contributed by atoms with Crippen molar-refractivity contribution in [1.82, 2.24) is 14.9 Å². The smallest absolute Gasteiger partial charge is 0.299 e. The van der Waals surface area contributed by atoms with Crippen molar-refractivity contribution < 1.29 is 18.6 Å². The fraction of sp³-hybridized carbons (Fsp3) is 0.111. The van der Waals surface area contributed by atoms with E-state index in [4.69, 9.17) is 5.84 Å². The van der Waals surface area contributed by atoms with Crippen molar-refractivity contribution in [2.24, 2.45) is 0 Å². The number of alkyl halides is 2. The van der Waals surface area contributed by atoms with Crippen LogP contribution in [0.2, 0.25) is 0 Å². The second-order valence-corrected chi connectivity index (χ2v) is 4.79. The average molecular weight is 332 g/mol. The molecule has 0 unspecified atom stereocenters. The minimum Gasteiger partial charge on any atom is -0.335 e. The number of benzene rings is 1. The van der Waals surface area contributed by atoms with Gasteiger partial charge in [-0.05, 0) is 17.8 Å². The van der Waals surface area contributed by atoms with Crippen molar-refractivity contribution in [1.29, 1.82) is 0 Å². The first-order valence-electron chi connectivity index (χ1n) is 5.40. The van der Waals surface area contributed by atoms with Gasteiger partial charge in [0.2, 0.25) is 11.0 Å². The summed E-state index contributed by atoms with van der Waals surface area (Å²) in [6.07, 6.45) is -2.96. The summed E-state index contributed by atoms with van der Waals surface area (Å²) in [5.74, 6) is 4.57. The molecular formula is C9H6F2N6O4S. The van der Waals surface area contributed by atoms with Crippen LogP contribution in [-0.2, 0) is 0 Å². The van der Waals surface area contributed by atoms with Crippen LogP contribution in [0.4, 0.5) is 20.2 Å². The van der Waals surface area contributed by atoms with Crippen molar-refractivity contribution in [3.8, 4) is 0 Å². The summed E-state index contributed by atoms with van der Waals surface area (Å²) >= 11 is 0.595. The predicted octanol–water partition coefficient (Wildman–Crippen LogP) is 1.90. The number of nitrogens with two attached hydrogens (primary N) is 1. The zero-order chi connectivity index (χ0) is 16.4. The number of hydrogen-bond acceptors (Lipinski definition) is 8. The van der Waals surface area contributed by atoms with Gasteiger partial charge in [-0.25, -0.2) is 13.5 Å². The number of nitrogen functional groups attached to an aromatic ring is 1. The largest absolute Gasteiger partial charge is 0.335 e. The number of aromatic nitrogens is 3. The molecule has 2 N–H and O–H groups in total. The molecule has 0 bridgehead atoms. The Morgan fingerprint density at radius 3 is 2.41 bits per heavy atom. The molecule has 0 saturated carbocycles. The molecule has 0 saturated heterocycles. The lowest BCUT2D eigenvalue weighted by atomic mass is 10.3. The van der Waals surface area contributed by atoms with Crippen LogP contribution in [0.25, 0.3) is 0 Å². The number of non-ortho nitro benzene ring substituents is 1. The zero-order valence-electron chi connectivity index (χ0n) is 10.4. The molecule has 0 aliphatic carbocycles. The quantitative estimate of drug-likeness (QED) is 0.496. The molecule has 0 aliphatic rings. The Morgan fingerprint density at radius 2 is 1.91 bits per heavy atom. The van der Waals surface area contributed by atoms with Crippen molar-refractivity contribution >= 4 is 23.1 Å². The molecule has 1 aromatic carbocycles. The van der Waals surface area contributed by atoms with Gasteiger partial charge in [-0.1, -0.05) is 0 Å². The van der Waals surface area contributed by atoms with Gasteiger partial charge in [0, 0.05) is 6.07 Å². The summed E-state index contributed by atoms with van der Waals surface area (Å²) in [6, 6.07) is 2.91. The van der Waals surface area contributed by atoms with E-state index in [1.54, 1.807) is 0 Å². The van der Waals surface area contributed by atoms with Gasteiger partial charge in [0.1, 0.15) is 0 Å². The van der Waals surface area contributed by atoms with E-state index in [0.717, 1.165) is 18.2 Å². The summed E-state index contributed by atoms with van der Waals surface area (Å²) in [7, 11) is 0. The predicted molar refractivity (Wildman–Crippen MR) is 69.0 cm³/mol. The number of halogens is 2. The Morgan fingerprint density at radius 1 is 1.23 bits per heavy atom. The van der Waals surface area contributed by atoms with Gasteiger partial charge in [0.05, 0.1) is 20.8 Å². The Hall–Kier alpha value is -2.83. The monoisotopic (exact) mass is 332 g/mol. The molecule has 1 aromatic heterocycles. The first-order valence-corrected chi connectivity index (χ1v) is 6.22. The van der Waals surface area contributed by atoms with Gasteiger partial charge in [-0.3, -0.25) is 20.2 Å². The number of nitro groups is 2. The van der Waals surface area contributed by atoms with E-state index in [2.05, 4.69) is 10.2 Å². The van der Waals surface area contributed by atoms with Crippen LogP contribution in [0.5, 0.6) is 0 Å². The minimum atomic E-state index is -2.96. The number of rotatable bonds is 5. The van der Waals surface area contributed by atoms with E-state index in [1.807, 2.05) is 0 Å². The molecule has 0 spiro atoms. The fourth-order valence-corrected chi connectivity index (χ4v) is 2.30. The highest BCUT2D eigenvalue weighted by molar-refractivity contribution is 7.99. The van der Waals surface area contributed by atoms with Gasteiger partial charge in [0.15, 0.2) is 0 Å². The third-order valence-electron chi connectivity index (χ3n) is 2.44. The molecule has 13 heteroatoms. The van der Waals surface area contributed by atoms with Crippen LogP contribution in [0.1, 0.15) is 12.2 Å². The van der Waals surface area contributed by atoms with E-state index >= 15 is 0 Å². The molecule has 1 heterocycles. The van der Waals surface area contributed by atoms with Crippen LogP contribution in [0, 0.1) is 20.2 Å². The Labute approximate surface area is 124 Å². The molecule has 22 heavy (non-hydrogen) atoms. The standard InChI is InChI=1S/C9H6F2N6O4S/c10-7(11)8-13-14-9(15(8)12)22-6-2-1-4(16(18)19)3-5(6)17(20)21/h1-3,7H,12H2. The van der Waals surface area contributed by atoms with Gasteiger partial charge in [-0.15, -0.1) is 10.2 Å². The van der Waals surface area contributed by atoms with Crippen LogP contribution in [0.3, 0.4) is 0 Å². The number of hydrogen-bond donors (Lipinski definition) is 1. The van der Waals surface area contributed by atoms with Gasteiger partial charge in [-0.2, -0.15) is 0 Å². The minimum absolute atomic E-state index is 0.0458. The van der Waals surface area contributed by atoms with Gasteiger partial charge < -0.3 is 5.84 Å². The normalized spacial score (nSPS) is 10.9. The molecule has 0 fully saturated rings. The third-order valence-corrected chi connectivity index (χ3v) is 3.46. The van der Waals surface area contributed by atoms with Crippen LogP contribution in [0.15, 0.2) is 28.3 Å². The maximum atomic E-state index is 12.5. The highest BCUT2D eigenvalue weighted by Crippen LogP contribution is 2.36. The summed E-state index contributed by atoms with van der Waals surface area (Å²) < 4.78 is 25.6. The van der Waals surface area contributed by atoms with E-state index in [-0.39, 0.29) is 10.1 Å². The van der Waals surface area contributed by atoms with E-state index in [9.17, 15) is 29.0 Å². The third kappa shape index (κ3) is 2.93. The van der Waals surface area contributed by atoms with E-state index < -0.39 is 33.5 Å². The second kappa shape index (κ2) is 5.88. The molecule has 116 valence electrons. The van der Waals surface area contributed by atoms with Crippen molar-refractivity contribution in [3.05, 3.63) is 44.3 Å². The maximum absolute atomic E-state index is 12.5. The number of nitrogens with zero attached hydrogens (tertiary/aromatic N) is 5. The summed E-state index contributed by atoms with van der Waals surface area (Å²) in [4.78, 5) is 19.9. The summed E-state index contributed by atoms with van der Waals surface area (Å²) in [5.41, 5.74) is -1.04. The molecule has 2 rings (SSSR count). The molecule has 2 aromatic rings. The lowest BCUT2D eigenvalue weighted by Gasteiger charge is -2.03. The zero-order valence-corrected chi connectivity index (χ0v) is 11.2. The van der Waals surface area contributed by atoms with Gasteiger partial charge >= 0.3 is 0 Å². The van der Waals surface area contributed by atoms with Crippen LogP contribution < -0.4 is 5.84 Å². The summed E-state index contributed by atoms with van der Waals surface area (Å²) in [5, 5.41) is 27.9. The molecule has 0 atom stereocenters. The number of nitro benzene ring substituents is 2. The molecule has 0 amide bonds. The highest BCUT2D eigenvalue weighted by atomic mass is 32.2. The van der Waals surface area contributed by atoms with Crippen LogP contribution >= 0.6 is 11.8 Å².